The first kappa shape index (κ1) is 8.43. The van der Waals surface area contributed by atoms with E-state index in [9.17, 15) is 0 Å². The highest BCUT2D eigenvalue weighted by molar-refractivity contribution is 7.75. The quantitative estimate of drug-likeness (QED) is 0.423. The number of benzene rings is 1. The Morgan fingerprint density at radius 2 is 2.00 bits per heavy atom. The first-order valence-electron chi connectivity index (χ1n) is 3.52. The summed E-state index contributed by atoms with van der Waals surface area (Å²) in [6.45, 7) is 2.79. The maximum absolute atomic E-state index is 4.81. The van der Waals surface area contributed by atoms with E-state index in [2.05, 4.69) is 12.9 Å². The minimum atomic E-state index is 0.785. The Balaban J connectivity index is 2.74. The van der Waals surface area contributed by atoms with Crippen molar-refractivity contribution in [1.82, 2.24) is 0 Å². The second-order valence-corrected chi connectivity index (χ2v) is 2.28. The van der Waals surface area contributed by atoms with E-state index in [-0.39, 0.29) is 0 Å². The molecular weight excluding hydrogens is 158 g/mol. The summed E-state index contributed by atoms with van der Waals surface area (Å²) in [4.78, 5) is 0. The van der Waals surface area contributed by atoms with Crippen molar-refractivity contribution in [2.75, 3.05) is 11.6 Å². The lowest BCUT2D eigenvalue weighted by Gasteiger charge is -2.17. The number of para-hydroxylation sites is 1. The summed E-state index contributed by atoms with van der Waals surface area (Å²) >= 11 is 3.73. The Labute approximate surface area is 72.4 Å². The predicted molar refractivity (Wildman–Crippen MR) is 49.5 cm³/mol. The molecule has 11 heavy (non-hydrogen) atoms. The molecule has 0 spiro atoms. The van der Waals surface area contributed by atoms with Crippen molar-refractivity contribution in [3.8, 4) is 0 Å². The molecule has 0 aliphatic carbocycles. The number of hydrogen-bond acceptors (Lipinski definition) is 3. The van der Waals surface area contributed by atoms with Crippen molar-refractivity contribution < 1.29 is 4.28 Å². The zero-order valence-electron chi connectivity index (χ0n) is 6.40. The molecule has 1 rings (SSSR count). The molecule has 0 unspecified atom stereocenters. The molecule has 0 amide bonds. The number of rotatable bonds is 3. The summed E-state index contributed by atoms with van der Waals surface area (Å²) in [5.41, 5.74) is 1.02. The van der Waals surface area contributed by atoms with Crippen LogP contribution in [0.4, 0.5) is 5.69 Å². The molecule has 0 saturated carbocycles. The molecule has 60 valence electrons. The van der Waals surface area contributed by atoms with Gasteiger partial charge >= 0.3 is 0 Å². The van der Waals surface area contributed by atoms with Gasteiger partial charge in [-0.25, -0.2) is 9.35 Å². The fourth-order valence-corrected chi connectivity index (χ4v) is 1.09. The number of thiol groups is 1. The highest BCUT2D eigenvalue weighted by Crippen LogP contribution is 2.13. The second-order valence-electron chi connectivity index (χ2n) is 2.11. The molecular formula is C8H11NOS. The molecule has 0 atom stereocenters. The third kappa shape index (κ3) is 2.13. The van der Waals surface area contributed by atoms with Gasteiger partial charge in [0.2, 0.25) is 0 Å². The fourth-order valence-electron chi connectivity index (χ4n) is 0.882. The Bertz CT molecular complexity index is 199. The van der Waals surface area contributed by atoms with Crippen molar-refractivity contribution in [2.24, 2.45) is 0 Å². The van der Waals surface area contributed by atoms with Crippen LogP contribution in [-0.4, -0.2) is 6.54 Å². The molecule has 0 radical (unpaired) electrons. The van der Waals surface area contributed by atoms with Crippen LogP contribution in [-0.2, 0) is 4.28 Å². The second kappa shape index (κ2) is 4.26. The van der Waals surface area contributed by atoms with Crippen LogP contribution >= 0.6 is 12.9 Å². The van der Waals surface area contributed by atoms with Gasteiger partial charge in [-0.3, -0.25) is 0 Å². The third-order valence-corrected chi connectivity index (χ3v) is 1.63. The molecule has 1 aromatic carbocycles. The van der Waals surface area contributed by atoms with Gasteiger partial charge < -0.3 is 0 Å². The van der Waals surface area contributed by atoms with Gasteiger partial charge in [0.05, 0.1) is 5.69 Å². The zero-order chi connectivity index (χ0) is 8.10. The summed E-state index contributed by atoms with van der Waals surface area (Å²) in [5, 5.41) is 1.70. The standard InChI is InChI=1S/C8H11NOS/c1-2-9(10-11)8-6-4-3-5-7-8/h3-7,11H,2H2,1H3. The van der Waals surface area contributed by atoms with Crippen molar-refractivity contribution in [3.05, 3.63) is 30.3 Å². The summed E-state index contributed by atoms with van der Waals surface area (Å²) in [5.74, 6) is 0. The Morgan fingerprint density at radius 3 is 2.45 bits per heavy atom. The van der Waals surface area contributed by atoms with Crippen LogP contribution in [0, 0.1) is 0 Å². The molecule has 0 N–H and O–H groups in total. The van der Waals surface area contributed by atoms with Crippen molar-refractivity contribution in [1.29, 1.82) is 0 Å². The first-order valence-corrected chi connectivity index (χ1v) is 3.89. The molecule has 0 bridgehead atoms. The summed E-state index contributed by atoms with van der Waals surface area (Å²) in [6.07, 6.45) is 0. The molecule has 0 heterocycles. The molecule has 0 fully saturated rings. The highest BCUT2D eigenvalue weighted by atomic mass is 32.1. The van der Waals surface area contributed by atoms with Crippen molar-refractivity contribution >= 4 is 18.6 Å². The van der Waals surface area contributed by atoms with Crippen LogP contribution in [0.5, 0.6) is 0 Å². The molecule has 0 aliphatic rings. The van der Waals surface area contributed by atoms with Crippen LogP contribution in [0.1, 0.15) is 6.92 Å². The highest BCUT2D eigenvalue weighted by Gasteiger charge is 1.99. The molecule has 0 aromatic heterocycles. The van der Waals surface area contributed by atoms with Gasteiger partial charge in [0.15, 0.2) is 0 Å². The molecule has 2 nitrogen and oxygen atoms in total. The topological polar surface area (TPSA) is 12.5 Å². The van der Waals surface area contributed by atoms with Gasteiger partial charge in [-0.1, -0.05) is 18.2 Å². The van der Waals surface area contributed by atoms with E-state index in [4.69, 9.17) is 4.28 Å². The minimum Gasteiger partial charge on any atom is -0.242 e. The number of hydroxylamine groups is 1. The van der Waals surface area contributed by atoms with E-state index in [1.54, 1.807) is 5.06 Å². The van der Waals surface area contributed by atoms with Gasteiger partial charge in [-0.15, -0.1) is 0 Å². The maximum Gasteiger partial charge on any atom is 0.0648 e. The van der Waals surface area contributed by atoms with Gasteiger partial charge in [0.1, 0.15) is 0 Å². The summed E-state index contributed by atoms with van der Waals surface area (Å²) in [7, 11) is 0. The van der Waals surface area contributed by atoms with Crippen LogP contribution in [0.15, 0.2) is 30.3 Å². The predicted octanol–water partition coefficient (Wildman–Crippen LogP) is 2.29. The van der Waals surface area contributed by atoms with E-state index < -0.39 is 0 Å². The summed E-state index contributed by atoms with van der Waals surface area (Å²) < 4.78 is 4.81. The zero-order valence-corrected chi connectivity index (χ0v) is 7.29. The maximum atomic E-state index is 4.81. The largest absolute Gasteiger partial charge is 0.242 e. The fraction of sp³-hybridized carbons (Fsp3) is 0.250. The Morgan fingerprint density at radius 1 is 1.36 bits per heavy atom. The Kier molecular flexibility index (Phi) is 3.26. The van der Waals surface area contributed by atoms with Gasteiger partial charge in [-0.2, -0.15) is 0 Å². The van der Waals surface area contributed by atoms with E-state index in [1.165, 1.54) is 0 Å². The third-order valence-electron chi connectivity index (χ3n) is 1.43. The van der Waals surface area contributed by atoms with E-state index in [0.29, 0.717) is 0 Å². The molecule has 1 aromatic rings. The lowest BCUT2D eigenvalue weighted by atomic mass is 10.3. The van der Waals surface area contributed by atoms with Crippen LogP contribution in [0.25, 0.3) is 0 Å². The van der Waals surface area contributed by atoms with Crippen LogP contribution in [0.3, 0.4) is 0 Å². The SMILES string of the molecule is CCN(OS)c1ccccc1. The summed E-state index contributed by atoms with van der Waals surface area (Å²) in [6, 6.07) is 9.84. The van der Waals surface area contributed by atoms with E-state index in [0.717, 1.165) is 12.2 Å². The average Bonchev–Trinajstić information content (AvgIpc) is 2.09. The minimum absolute atomic E-state index is 0.785. The molecule has 0 aliphatic heterocycles. The number of hydrogen-bond donors (Lipinski definition) is 1. The van der Waals surface area contributed by atoms with E-state index >= 15 is 0 Å². The van der Waals surface area contributed by atoms with Crippen LogP contribution < -0.4 is 5.06 Å². The van der Waals surface area contributed by atoms with Gasteiger partial charge in [0, 0.05) is 19.5 Å². The normalized spacial score (nSPS) is 9.64. The van der Waals surface area contributed by atoms with Crippen molar-refractivity contribution in [3.63, 3.8) is 0 Å². The monoisotopic (exact) mass is 169 g/mol. The van der Waals surface area contributed by atoms with Crippen LogP contribution in [0.2, 0.25) is 0 Å². The number of anilines is 1. The number of nitrogens with zero attached hydrogens (tertiary/aromatic N) is 1. The smallest absolute Gasteiger partial charge is 0.0648 e. The lowest BCUT2D eigenvalue weighted by Crippen LogP contribution is -2.17. The molecule has 0 saturated heterocycles. The lowest BCUT2D eigenvalue weighted by molar-refractivity contribution is 0.343. The van der Waals surface area contributed by atoms with Gasteiger partial charge in [-0.05, 0) is 19.1 Å². The van der Waals surface area contributed by atoms with Gasteiger partial charge in [0.25, 0.3) is 0 Å². The average molecular weight is 169 g/mol. The molecule has 3 heteroatoms. The van der Waals surface area contributed by atoms with Crippen molar-refractivity contribution in [2.45, 2.75) is 6.92 Å². The first-order chi connectivity index (χ1) is 5.38. The van der Waals surface area contributed by atoms with E-state index in [1.807, 2.05) is 37.3 Å². The Hall–Kier alpha value is -0.670.